The van der Waals surface area contributed by atoms with Gasteiger partial charge in [-0.05, 0) is 42.7 Å². The third kappa shape index (κ3) is 1.52. The molecule has 0 aliphatic heterocycles. The highest BCUT2D eigenvalue weighted by atomic mass is 35.5. The lowest BCUT2D eigenvalue weighted by Gasteiger charge is -2.14. The summed E-state index contributed by atoms with van der Waals surface area (Å²) in [6, 6.07) is 14.0. The van der Waals surface area contributed by atoms with Crippen LogP contribution in [0.25, 0.3) is 0 Å². The van der Waals surface area contributed by atoms with Crippen molar-refractivity contribution in [1.29, 1.82) is 0 Å². The molecule has 0 spiro atoms. The zero-order valence-corrected chi connectivity index (χ0v) is 9.54. The maximum Gasteiger partial charge on any atom is 0.0889 e. The summed E-state index contributed by atoms with van der Waals surface area (Å²) in [5, 5.41) is 0.784. The van der Waals surface area contributed by atoms with Crippen molar-refractivity contribution in [3.8, 4) is 0 Å². The molecule has 0 amide bonds. The van der Waals surface area contributed by atoms with Crippen molar-refractivity contribution < 1.29 is 0 Å². The minimum atomic E-state index is 0.127. The maximum atomic E-state index is 5.91. The van der Waals surface area contributed by atoms with Crippen molar-refractivity contribution in [1.82, 2.24) is 4.98 Å². The zero-order chi connectivity index (χ0) is 11.0. The fourth-order valence-electron chi connectivity index (χ4n) is 2.18. The van der Waals surface area contributed by atoms with E-state index < -0.39 is 0 Å². The molecule has 1 fully saturated rings. The van der Waals surface area contributed by atoms with E-state index in [0.717, 1.165) is 10.7 Å². The van der Waals surface area contributed by atoms with Gasteiger partial charge in [0.25, 0.3) is 0 Å². The van der Waals surface area contributed by atoms with Crippen LogP contribution in [0.1, 0.15) is 24.1 Å². The highest BCUT2D eigenvalue weighted by molar-refractivity contribution is 6.30. The van der Waals surface area contributed by atoms with Crippen LogP contribution in [0.3, 0.4) is 0 Å². The Kier molecular flexibility index (Phi) is 2.22. The van der Waals surface area contributed by atoms with Gasteiger partial charge >= 0.3 is 0 Å². The number of pyridine rings is 1. The van der Waals surface area contributed by atoms with Crippen LogP contribution >= 0.6 is 11.6 Å². The number of nitrogens with zero attached hydrogens (tertiary/aromatic N) is 1. The molecule has 0 saturated heterocycles. The number of hydrogen-bond acceptors (Lipinski definition) is 1. The van der Waals surface area contributed by atoms with E-state index in [1.807, 2.05) is 24.3 Å². The van der Waals surface area contributed by atoms with Gasteiger partial charge in [0.2, 0.25) is 0 Å². The lowest BCUT2D eigenvalue weighted by molar-refractivity contribution is 0.802. The van der Waals surface area contributed by atoms with E-state index in [4.69, 9.17) is 11.6 Å². The summed E-state index contributed by atoms with van der Waals surface area (Å²) in [6.45, 7) is 0. The van der Waals surface area contributed by atoms with E-state index in [1.54, 1.807) is 0 Å². The summed E-state index contributed by atoms with van der Waals surface area (Å²) in [4.78, 5) is 4.35. The van der Waals surface area contributed by atoms with Gasteiger partial charge in [-0.25, -0.2) is 0 Å². The number of aromatic nitrogens is 1. The molecule has 1 aromatic heterocycles. The number of benzene rings is 1. The van der Waals surface area contributed by atoms with Crippen LogP contribution in [-0.2, 0) is 5.41 Å². The molecule has 1 saturated carbocycles. The second kappa shape index (κ2) is 3.60. The van der Waals surface area contributed by atoms with Gasteiger partial charge in [0.05, 0.1) is 11.9 Å². The normalized spacial score (nSPS) is 17.1. The summed E-state index contributed by atoms with van der Waals surface area (Å²) in [6.07, 6.45) is 5.24. The van der Waals surface area contributed by atoms with Crippen LogP contribution in [0.2, 0.25) is 5.02 Å². The molecule has 1 aliphatic rings. The topological polar surface area (TPSA) is 12.9 Å². The Bertz CT molecular complexity index is 486. The van der Waals surface area contributed by atoms with E-state index >= 15 is 0 Å². The Hall–Kier alpha value is -1.34. The van der Waals surface area contributed by atoms with Crippen LogP contribution in [0, 0.1) is 6.20 Å². The van der Waals surface area contributed by atoms with E-state index in [2.05, 4.69) is 29.4 Å². The van der Waals surface area contributed by atoms with Crippen molar-refractivity contribution in [3.05, 3.63) is 64.9 Å². The molecular weight excluding hydrogens is 218 g/mol. The summed E-state index contributed by atoms with van der Waals surface area (Å²) < 4.78 is 0. The van der Waals surface area contributed by atoms with Gasteiger partial charge in [0.15, 0.2) is 0 Å². The molecule has 0 bridgehead atoms. The van der Waals surface area contributed by atoms with Gasteiger partial charge in [-0.15, -0.1) is 0 Å². The Morgan fingerprint density at radius 2 is 1.88 bits per heavy atom. The Morgan fingerprint density at radius 3 is 2.44 bits per heavy atom. The molecule has 0 unspecified atom stereocenters. The van der Waals surface area contributed by atoms with Crippen molar-refractivity contribution in [2.24, 2.45) is 0 Å². The van der Waals surface area contributed by atoms with Crippen LogP contribution in [-0.4, -0.2) is 4.98 Å². The quantitative estimate of drug-likeness (QED) is 0.765. The molecule has 3 rings (SSSR count). The predicted molar refractivity (Wildman–Crippen MR) is 64.5 cm³/mol. The molecule has 1 heterocycles. The number of rotatable bonds is 2. The first-order valence-electron chi connectivity index (χ1n) is 5.41. The fraction of sp³-hybridized carbons (Fsp3) is 0.214. The lowest BCUT2D eigenvalue weighted by atomic mass is 9.92. The molecule has 2 heteroatoms. The van der Waals surface area contributed by atoms with Gasteiger partial charge < -0.3 is 0 Å². The van der Waals surface area contributed by atoms with Crippen molar-refractivity contribution in [2.75, 3.05) is 0 Å². The third-order valence-electron chi connectivity index (χ3n) is 3.25. The molecule has 1 radical (unpaired) electrons. The van der Waals surface area contributed by atoms with Crippen LogP contribution in [0.4, 0.5) is 0 Å². The van der Waals surface area contributed by atoms with Crippen molar-refractivity contribution >= 4 is 11.6 Å². The van der Waals surface area contributed by atoms with Gasteiger partial charge in [-0.3, -0.25) is 4.98 Å². The van der Waals surface area contributed by atoms with Gasteiger partial charge in [-0.1, -0.05) is 29.8 Å². The van der Waals surface area contributed by atoms with Crippen molar-refractivity contribution in [2.45, 2.75) is 18.3 Å². The molecule has 0 atom stereocenters. The minimum Gasteiger partial charge on any atom is -0.250 e. The first kappa shape index (κ1) is 9.86. The monoisotopic (exact) mass is 228 g/mol. The van der Waals surface area contributed by atoms with E-state index in [-0.39, 0.29) is 5.41 Å². The second-order valence-corrected chi connectivity index (χ2v) is 4.68. The Morgan fingerprint density at radius 1 is 1.12 bits per heavy atom. The second-order valence-electron chi connectivity index (χ2n) is 4.24. The van der Waals surface area contributed by atoms with Gasteiger partial charge in [-0.2, -0.15) is 0 Å². The molecule has 1 aliphatic carbocycles. The molecule has 16 heavy (non-hydrogen) atoms. The molecular formula is C14H11ClN. The highest BCUT2D eigenvalue weighted by Crippen LogP contribution is 2.52. The van der Waals surface area contributed by atoms with E-state index in [1.165, 1.54) is 18.4 Å². The molecule has 79 valence electrons. The summed E-state index contributed by atoms with van der Waals surface area (Å²) in [7, 11) is 0. The summed E-state index contributed by atoms with van der Waals surface area (Å²) >= 11 is 5.91. The summed E-state index contributed by atoms with van der Waals surface area (Å²) in [5.74, 6) is 0. The molecule has 1 nitrogen and oxygen atoms in total. The Balaban J connectivity index is 2.03. The standard InChI is InChI=1S/C14H11ClN/c15-12-6-4-11(5-7-12)14(8-9-14)13-3-1-2-10-16-13/h1-7H,8-9H2. The zero-order valence-electron chi connectivity index (χ0n) is 8.78. The number of halogens is 1. The largest absolute Gasteiger partial charge is 0.250 e. The maximum absolute atomic E-state index is 5.91. The average Bonchev–Trinajstić information content (AvgIpc) is 3.13. The highest BCUT2D eigenvalue weighted by Gasteiger charge is 2.46. The molecule has 0 N–H and O–H groups in total. The lowest BCUT2D eigenvalue weighted by Crippen LogP contribution is -2.10. The minimum absolute atomic E-state index is 0.127. The first-order valence-corrected chi connectivity index (χ1v) is 5.79. The van der Waals surface area contributed by atoms with Gasteiger partial charge in [0, 0.05) is 10.4 Å². The number of hydrogen-bond donors (Lipinski definition) is 0. The van der Waals surface area contributed by atoms with Crippen LogP contribution in [0.5, 0.6) is 0 Å². The fourth-order valence-corrected chi connectivity index (χ4v) is 2.31. The molecule has 1 aromatic carbocycles. The van der Waals surface area contributed by atoms with E-state index in [9.17, 15) is 0 Å². The van der Waals surface area contributed by atoms with E-state index in [0.29, 0.717) is 0 Å². The average molecular weight is 229 g/mol. The summed E-state index contributed by atoms with van der Waals surface area (Å²) in [5.41, 5.74) is 2.56. The smallest absolute Gasteiger partial charge is 0.0889 e. The van der Waals surface area contributed by atoms with Crippen molar-refractivity contribution in [3.63, 3.8) is 0 Å². The van der Waals surface area contributed by atoms with Gasteiger partial charge in [0.1, 0.15) is 0 Å². The Labute approximate surface area is 100 Å². The first-order chi connectivity index (χ1) is 7.81. The third-order valence-corrected chi connectivity index (χ3v) is 3.50. The molecule has 2 aromatic rings. The predicted octanol–water partition coefficient (Wildman–Crippen LogP) is 3.62. The van der Waals surface area contributed by atoms with Crippen LogP contribution in [0.15, 0.2) is 42.5 Å². The van der Waals surface area contributed by atoms with Crippen LogP contribution < -0.4 is 0 Å². The SMILES string of the molecule is Clc1ccc(C2(c3ccc[c]n3)CC2)cc1.